The number of carbonyl (C=O) groups is 2. The van der Waals surface area contributed by atoms with Crippen molar-refractivity contribution < 1.29 is 18.0 Å². The largest absolute Gasteiger partial charge is 0.371 e. The van der Waals surface area contributed by atoms with E-state index in [2.05, 4.69) is 29.0 Å². The van der Waals surface area contributed by atoms with Crippen LogP contribution in [-0.4, -0.2) is 69.1 Å². The third-order valence-electron chi connectivity index (χ3n) is 7.74. The van der Waals surface area contributed by atoms with Crippen molar-refractivity contribution in [1.82, 2.24) is 15.6 Å². The zero-order valence-corrected chi connectivity index (χ0v) is 21.6. The molecule has 1 aromatic carbocycles. The summed E-state index contributed by atoms with van der Waals surface area (Å²) in [6.45, 7) is 9.77. The molecule has 4 rings (SSSR count). The molecule has 0 aliphatic carbocycles. The highest BCUT2D eigenvalue weighted by atomic mass is 32.2. The molecule has 11 heteroatoms. The Morgan fingerprint density at radius 3 is 2.36 bits per heavy atom. The molecule has 3 heterocycles. The first-order valence-corrected chi connectivity index (χ1v) is 14.0. The molecule has 0 bridgehead atoms. The zero-order valence-electron chi connectivity index (χ0n) is 20.7. The molecule has 2 amide bonds. The highest BCUT2D eigenvalue weighted by Crippen LogP contribution is 2.35. The summed E-state index contributed by atoms with van der Waals surface area (Å²) in [5.41, 5.74) is 3.80. The van der Waals surface area contributed by atoms with Gasteiger partial charge in [-0.15, -0.1) is 4.91 Å². The third-order valence-corrected chi connectivity index (χ3v) is 10.3. The topological polar surface area (TPSA) is 128 Å². The van der Waals surface area contributed by atoms with Gasteiger partial charge in [0.25, 0.3) is 5.91 Å². The van der Waals surface area contributed by atoms with Crippen LogP contribution >= 0.6 is 0 Å². The Kier molecular flexibility index (Phi) is 7.79. The molecule has 1 aromatic rings. The van der Waals surface area contributed by atoms with Crippen LogP contribution in [0.4, 0.5) is 5.69 Å². The smallest absolute Gasteiger partial charge is 0.264 e. The van der Waals surface area contributed by atoms with Gasteiger partial charge in [-0.05, 0) is 75.4 Å². The maximum absolute atomic E-state index is 13.5. The van der Waals surface area contributed by atoms with Crippen LogP contribution < -0.4 is 15.6 Å². The summed E-state index contributed by atoms with van der Waals surface area (Å²) in [6, 6.07) is 6.54. The minimum Gasteiger partial charge on any atom is -0.371 e. The van der Waals surface area contributed by atoms with Gasteiger partial charge in [0.05, 0.1) is 10.2 Å². The van der Waals surface area contributed by atoms with Crippen molar-refractivity contribution in [2.75, 3.05) is 44.2 Å². The summed E-state index contributed by atoms with van der Waals surface area (Å²) in [7, 11) is -4.06. The number of nitrogens with zero attached hydrogens (tertiary/aromatic N) is 3. The van der Waals surface area contributed by atoms with E-state index in [1.807, 2.05) is 10.3 Å². The number of sulfone groups is 1. The minimum absolute atomic E-state index is 0.0105. The van der Waals surface area contributed by atoms with Crippen LogP contribution in [0.5, 0.6) is 0 Å². The molecule has 10 nitrogen and oxygen atoms in total. The van der Waals surface area contributed by atoms with E-state index < -0.39 is 20.5 Å². The summed E-state index contributed by atoms with van der Waals surface area (Å²) in [6.07, 6.45) is 2.58. The maximum atomic E-state index is 13.5. The number of carbonyl (C=O) groups excluding carboxylic acids is 2. The van der Waals surface area contributed by atoms with E-state index in [0.29, 0.717) is 38.6 Å². The van der Waals surface area contributed by atoms with Gasteiger partial charge in [0.15, 0.2) is 14.6 Å². The monoisotopic (exact) mass is 517 g/mol. The number of nitroso groups, excluding NO2 is 1. The second-order valence-corrected chi connectivity index (χ2v) is 12.6. The van der Waals surface area contributed by atoms with E-state index >= 15 is 0 Å². The molecule has 196 valence electrons. The van der Waals surface area contributed by atoms with Gasteiger partial charge in [0, 0.05) is 37.8 Å². The molecule has 3 fully saturated rings. The number of piperidine rings is 3. The van der Waals surface area contributed by atoms with E-state index in [4.69, 9.17) is 0 Å². The molecule has 3 aliphatic heterocycles. The second kappa shape index (κ2) is 10.7. The molecular formula is C25H35N5O5S. The van der Waals surface area contributed by atoms with E-state index in [9.17, 15) is 22.9 Å². The van der Waals surface area contributed by atoms with Gasteiger partial charge in [-0.25, -0.2) is 13.8 Å². The van der Waals surface area contributed by atoms with Crippen molar-refractivity contribution in [2.45, 2.75) is 48.7 Å². The fraction of sp³-hybridized carbons (Fsp3) is 0.600. The standard InChI is InChI=1S/C25H35N5O5S/c1-18-15-19(2)17-30(16-18)23(31)20-7-13-29(14-8-20)21-3-5-22(6-4-21)36(34,35)25(24(32)27-28-33)9-11-26-12-10-25/h3-6,19-20,26H,1,7-17H2,2H3,(H,27,32,33)/t19-/m0/s1. The number of rotatable bonds is 6. The van der Waals surface area contributed by atoms with Gasteiger partial charge in [0.2, 0.25) is 5.91 Å². The fourth-order valence-corrected chi connectivity index (χ4v) is 7.77. The Hall–Kier alpha value is -2.79. The number of hydrogen-bond acceptors (Lipinski definition) is 8. The predicted octanol–water partition coefficient (Wildman–Crippen LogP) is 2.02. The molecule has 0 aromatic heterocycles. The van der Waals surface area contributed by atoms with Gasteiger partial charge < -0.3 is 15.1 Å². The third kappa shape index (κ3) is 5.04. The van der Waals surface area contributed by atoms with Crippen LogP contribution in [0, 0.1) is 16.7 Å². The van der Waals surface area contributed by atoms with Gasteiger partial charge in [-0.2, -0.15) is 0 Å². The molecule has 2 N–H and O–H groups in total. The van der Waals surface area contributed by atoms with Gasteiger partial charge >= 0.3 is 0 Å². The van der Waals surface area contributed by atoms with Gasteiger partial charge in [0.1, 0.15) is 0 Å². The number of likely N-dealkylation sites (tertiary alicyclic amines) is 1. The first kappa shape index (κ1) is 26.3. The number of amides is 2. The normalized spacial score (nSPS) is 23.2. The maximum Gasteiger partial charge on any atom is 0.264 e. The van der Waals surface area contributed by atoms with Crippen LogP contribution in [0.2, 0.25) is 0 Å². The van der Waals surface area contributed by atoms with Crippen molar-refractivity contribution in [3.8, 4) is 0 Å². The Morgan fingerprint density at radius 2 is 1.78 bits per heavy atom. The van der Waals surface area contributed by atoms with Crippen molar-refractivity contribution >= 4 is 27.3 Å². The van der Waals surface area contributed by atoms with Crippen LogP contribution in [0.1, 0.15) is 39.0 Å². The van der Waals surface area contributed by atoms with Crippen LogP contribution in [0.15, 0.2) is 46.6 Å². The average molecular weight is 518 g/mol. The van der Waals surface area contributed by atoms with Crippen molar-refractivity contribution in [3.63, 3.8) is 0 Å². The van der Waals surface area contributed by atoms with E-state index in [1.165, 1.54) is 12.1 Å². The Balaban J connectivity index is 1.43. The Labute approximate surface area is 212 Å². The lowest BCUT2D eigenvalue weighted by molar-refractivity contribution is -0.137. The minimum atomic E-state index is -4.06. The molecule has 0 spiro atoms. The predicted molar refractivity (Wildman–Crippen MR) is 137 cm³/mol. The van der Waals surface area contributed by atoms with Gasteiger partial charge in [-0.1, -0.05) is 19.1 Å². The SMILES string of the molecule is C=C1C[C@H](C)CN(C(=O)C2CCN(c3ccc(S(=O)(=O)C4(C(=O)NN=O)CCNCC4)cc3)CC2)C1. The summed E-state index contributed by atoms with van der Waals surface area (Å²) in [5.74, 6) is -0.251. The number of anilines is 1. The first-order chi connectivity index (χ1) is 17.2. The molecule has 0 saturated carbocycles. The average Bonchev–Trinajstić information content (AvgIpc) is 2.88. The van der Waals surface area contributed by atoms with E-state index in [-0.39, 0.29) is 29.6 Å². The highest BCUT2D eigenvalue weighted by Gasteiger charge is 2.52. The Morgan fingerprint density at radius 1 is 1.14 bits per heavy atom. The fourth-order valence-electron chi connectivity index (χ4n) is 5.80. The van der Waals surface area contributed by atoms with Crippen LogP contribution in [-0.2, 0) is 19.4 Å². The zero-order chi connectivity index (χ0) is 25.9. The molecule has 3 saturated heterocycles. The molecule has 0 radical (unpaired) electrons. The molecular weight excluding hydrogens is 482 g/mol. The Bertz CT molecular complexity index is 1110. The van der Waals surface area contributed by atoms with Crippen molar-refractivity contribution in [3.05, 3.63) is 41.3 Å². The molecule has 36 heavy (non-hydrogen) atoms. The summed E-state index contributed by atoms with van der Waals surface area (Å²) < 4.78 is 25.3. The van der Waals surface area contributed by atoms with Crippen LogP contribution in [0.3, 0.4) is 0 Å². The summed E-state index contributed by atoms with van der Waals surface area (Å²) in [5, 5.41) is 5.48. The van der Waals surface area contributed by atoms with Gasteiger partial charge in [-0.3, -0.25) is 9.59 Å². The summed E-state index contributed by atoms with van der Waals surface area (Å²) in [4.78, 5) is 40.5. The molecule has 1 atom stereocenters. The number of nitrogens with one attached hydrogen (secondary N) is 2. The number of hydrogen-bond donors (Lipinski definition) is 2. The lowest BCUT2D eigenvalue weighted by atomic mass is 9.91. The van der Waals surface area contributed by atoms with Crippen molar-refractivity contribution in [2.24, 2.45) is 17.1 Å². The molecule has 0 unspecified atom stereocenters. The van der Waals surface area contributed by atoms with E-state index in [1.54, 1.807) is 12.1 Å². The first-order valence-electron chi connectivity index (χ1n) is 12.6. The van der Waals surface area contributed by atoms with E-state index in [0.717, 1.165) is 37.1 Å². The highest BCUT2D eigenvalue weighted by molar-refractivity contribution is 7.93. The quantitative estimate of drug-likeness (QED) is 0.336. The lowest BCUT2D eigenvalue weighted by Gasteiger charge is -2.38. The molecule has 3 aliphatic rings. The van der Waals surface area contributed by atoms with Crippen molar-refractivity contribution in [1.29, 1.82) is 0 Å². The number of benzene rings is 1. The second-order valence-electron chi connectivity index (χ2n) is 10.3. The van der Waals surface area contributed by atoms with Crippen LogP contribution in [0.25, 0.3) is 0 Å². The lowest BCUT2D eigenvalue weighted by Crippen LogP contribution is -2.56. The summed E-state index contributed by atoms with van der Waals surface area (Å²) >= 11 is 0.